The molecule has 0 aliphatic carbocycles. The summed E-state index contributed by atoms with van der Waals surface area (Å²) in [6, 6.07) is 5.96. The van der Waals surface area contributed by atoms with E-state index in [-0.39, 0.29) is 6.10 Å². The lowest BCUT2D eigenvalue weighted by atomic mass is 10.1. The second-order valence-electron chi connectivity index (χ2n) is 6.77. The number of nitrogens with one attached hydrogen (secondary N) is 1. The first kappa shape index (κ1) is 18.9. The van der Waals surface area contributed by atoms with E-state index in [0.29, 0.717) is 18.1 Å². The van der Waals surface area contributed by atoms with E-state index in [4.69, 9.17) is 16.3 Å². The van der Waals surface area contributed by atoms with Gasteiger partial charge in [0.2, 0.25) is 10.0 Å². The number of hydrogen-bond acceptors (Lipinski definition) is 5. The molecule has 0 saturated carbocycles. The van der Waals surface area contributed by atoms with Crippen LogP contribution < -0.4 is 10.1 Å². The van der Waals surface area contributed by atoms with Crippen LogP contribution >= 0.6 is 11.6 Å². The molecule has 1 N–H and O–H groups in total. The van der Waals surface area contributed by atoms with Gasteiger partial charge in [0.1, 0.15) is 11.9 Å². The zero-order valence-electron chi connectivity index (χ0n) is 14.6. The molecule has 2 saturated heterocycles. The highest BCUT2D eigenvalue weighted by Gasteiger charge is 2.23. The number of nitrogens with zero attached hydrogens (tertiary/aromatic N) is 2. The summed E-state index contributed by atoms with van der Waals surface area (Å²) in [6.07, 6.45) is 3.50. The Balaban J connectivity index is 1.54. The minimum atomic E-state index is -3.08. The summed E-state index contributed by atoms with van der Waals surface area (Å²) >= 11 is 6.40. The predicted molar refractivity (Wildman–Crippen MR) is 99.7 cm³/mol. The Labute approximate surface area is 155 Å². The fourth-order valence-corrected chi connectivity index (χ4v) is 4.38. The van der Waals surface area contributed by atoms with E-state index in [2.05, 4.69) is 10.2 Å². The summed E-state index contributed by atoms with van der Waals surface area (Å²) in [5.74, 6) is 0.749. The molecule has 1 aromatic carbocycles. The van der Waals surface area contributed by atoms with Crippen LogP contribution in [-0.4, -0.2) is 69.3 Å². The molecule has 2 aliphatic rings. The lowest BCUT2D eigenvalue weighted by Gasteiger charge is -2.33. The first-order valence-electron chi connectivity index (χ1n) is 8.75. The molecule has 1 aromatic rings. The maximum Gasteiger partial charge on any atom is 0.211 e. The Hall–Kier alpha value is -0.860. The van der Waals surface area contributed by atoms with Gasteiger partial charge in [0.15, 0.2) is 0 Å². The number of piperazine rings is 1. The summed E-state index contributed by atoms with van der Waals surface area (Å²) in [5.41, 5.74) is 1.12. The Kier molecular flexibility index (Phi) is 6.22. The third kappa shape index (κ3) is 5.31. The van der Waals surface area contributed by atoms with Gasteiger partial charge in [-0.1, -0.05) is 17.7 Å². The Morgan fingerprint density at radius 2 is 1.88 bits per heavy atom. The Morgan fingerprint density at radius 1 is 1.20 bits per heavy atom. The first-order chi connectivity index (χ1) is 11.9. The first-order valence-corrected chi connectivity index (χ1v) is 11.0. The molecule has 0 atom stereocenters. The van der Waals surface area contributed by atoms with Crippen molar-refractivity contribution in [2.24, 2.45) is 0 Å². The zero-order valence-corrected chi connectivity index (χ0v) is 16.2. The molecule has 3 rings (SSSR count). The molecule has 0 spiro atoms. The Bertz CT molecular complexity index is 684. The van der Waals surface area contributed by atoms with Gasteiger partial charge in [-0.15, -0.1) is 0 Å². The predicted octanol–water partition coefficient (Wildman–Crippen LogP) is 1.55. The molecule has 140 valence electrons. The topological polar surface area (TPSA) is 61.9 Å². The van der Waals surface area contributed by atoms with Crippen molar-refractivity contribution in [2.75, 3.05) is 45.5 Å². The van der Waals surface area contributed by atoms with Crippen molar-refractivity contribution < 1.29 is 13.2 Å². The standard InChI is InChI=1S/C17H26ClN3O3S/c1-25(22,23)21-10-8-20(9-11-21)13-14-2-3-17(16(18)12-14)24-15-4-6-19-7-5-15/h2-3,12,15,19H,4-11,13H2,1H3. The van der Waals surface area contributed by atoms with Crippen LogP contribution in [0.5, 0.6) is 5.75 Å². The number of sulfonamides is 1. The van der Waals surface area contributed by atoms with Gasteiger partial charge in [-0.2, -0.15) is 4.31 Å². The van der Waals surface area contributed by atoms with Crippen LogP contribution in [0.25, 0.3) is 0 Å². The third-order valence-corrected chi connectivity index (χ3v) is 6.38. The highest BCUT2D eigenvalue weighted by Crippen LogP contribution is 2.28. The fraction of sp³-hybridized carbons (Fsp3) is 0.647. The molecule has 0 aromatic heterocycles. The van der Waals surface area contributed by atoms with E-state index in [9.17, 15) is 8.42 Å². The summed E-state index contributed by atoms with van der Waals surface area (Å²) in [6.45, 7) is 5.30. The molecule has 8 heteroatoms. The van der Waals surface area contributed by atoms with Gasteiger partial charge in [0, 0.05) is 32.7 Å². The minimum absolute atomic E-state index is 0.230. The van der Waals surface area contributed by atoms with Crippen molar-refractivity contribution in [1.82, 2.24) is 14.5 Å². The lowest BCUT2D eigenvalue weighted by molar-refractivity contribution is 0.162. The van der Waals surface area contributed by atoms with E-state index >= 15 is 0 Å². The molecular weight excluding hydrogens is 362 g/mol. The number of ether oxygens (including phenoxy) is 1. The molecule has 2 heterocycles. The number of hydrogen-bond donors (Lipinski definition) is 1. The number of halogens is 1. The van der Waals surface area contributed by atoms with Crippen LogP contribution in [0.1, 0.15) is 18.4 Å². The molecule has 0 bridgehead atoms. The maximum atomic E-state index is 11.6. The monoisotopic (exact) mass is 387 g/mol. The average Bonchev–Trinajstić information content (AvgIpc) is 2.58. The van der Waals surface area contributed by atoms with Gasteiger partial charge in [0.05, 0.1) is 11.3 Å². The van der Waals surface area contributed by atoms with Gasteiger partial charge in [0.25, 0.3) is 0 Å². The highest BCUT2D eigenvalue weighted by atomic mass is 35.5. The lowest BCUT2D eigenvalue weighted by Crippen LogP contribution is -2.47. The summed E-state index contributed by atoms with van der Waals surface area (Å²) in [5, 5.41) is 3.97. The minimum Gasteiger partial charge on any atom is -0.489 e. The number of rotatable bonds is 5. The van der Waals surface area contributed by atoms with Gasteiger partial charge < -0.3 is 10.1 Å². The smallest absolute Gasteiger partial charge is 0.211 e. The van der Waals surface area contributed by atoms with Crippen molar-refractivity contribution >= 4 is 21.6 Å². The molecule has 0 amide bonds. The molecular formula is C17H26ClN3O3S. The fourth-order valence-electron chi connectivity index (χ4n) is 3.31. The van der Waals surface area contributed by atoms with Gasteiger partial charge in [-0.25, -0.2) is 8.42 Å². The third-order valence-electron chi connectivity index (χ3n) is 4.78. The van der Waals surface area contributed by atoms with Gasteiger partial charge >= 0.3 is 0 Å². The zero-order chi connectivity index (χ0) is 17.9. The van der Waals surface area contributed by atoms with Crippen LogP contribution in [0.15, 0.2) is 18.2 Å². The summed E-state index contributed by atoms with van der Waals surface area (Å²) in [7, 11) is -3.08. The summed E-state index contributed by atoms with van der Waals surface area (Å²) in [4.78, 5) is 2.25. The van der Waals surface area contributed by atoms with Crippen LogP contribution in [0.3, 0.4) is 0 Å². The second kappa shape index (κ2) is 8.22. The van der Waals surface area contributed by atoms with E-state index < -0.39 is 10.0 Å². The van der Waals surface area contributed by atoms with Crippen LogP contribution in [0, 0.1) is 0 Å². The van der Waals surface area contributed by atoms with Crippen LogP contribution in [0.2, 0.25) is 5.02 Å². The van der Waals surface area contributed by atoms with E-state index in [1.165, 1.54) is 10.6 Å². The highest BCUT2D eigenvalue weighted by molar-refractivity contribution is 7.88. The average molecular weight is 388 g/mol. The Morgan fingerprint density at radius 3 is 2.48 bits per heavy atom. The molecule has 0 radical (unpaired) electrons. The largest absolute Gasteiger partial charge is 0.489 e. The molecule has 0 unspecified atom stereocenters. The summed E-state index contributed by atoms with van der Waals surface area (Å²) < 4.78 is 30.7. The van der Waals surface area contributed by atoms with Gasteiger partial charge in [-0.3, -0.25) is 4.90 Å². The van der Waals surface area contributed by atoms with E-state index in [1.54, 1.807) is 0 Å². The van der Waals surface area contributed by atoms with Crippen molar-refractivity contribution in [3.8, 4) is 5.75 Å². The van der Waals surface area contributed by atoms with Crippen molar-refractivity contribution in [2.45, 2.75) is 25.5 Å². The van der Waals surface area contributed by atoms with Gasteiger partial charge in [-0.05, 0) is 43.6 Å². The van der Waals surface area contributed by atoms with Crippen molar-refractivity contribution in [1.29, 1.82) is 0 Å². The molecule has 2 fully saturated rings. The number of piperidine rings is 1. The van der Waals surface area contributed by atoms with Crippen LogP contribution in [0.4, 0.5) is 0 Å². The van der Waals surface area contributed by atoms with E-state index in [0.717, 1.165) is 56.9 Å². The molecule has 25 heavy (non-hydrogen) atoms. The van der Waals surface area contributed by atoms with Crippen molar-refractivity contribution in [3.05, 3.63) is 28.8 Å². The SMILES string of the molecule is CS(=O)(=O)N1CCN(Cc2ccc(OC3CCNCC3)c(Cl)c2)CC1. The molecule has 6 nitrogen and oxygen atoms in total. The maximum absolute atomic E-state index is 11.6. The van der Waals surface area contributed by atoms with Crippen molar-refractivity contribution in [3.63, 3.8) is 0 Å². The quantitative estimate of drug-likeness (QED) is 0.830. The molecule has 2 aliphatic heterocycles. The second-order valence-corrected chi connectivity index (χ2v) is 9.16. The number of benzene rings is 1. The van der Waals surface area contributed by atoms with Crippen LogP contribution in [-0.2, 0) is 16.6 Å². The normalized spacial score (nSPS) is 21.4. The van der Waals surface area contributed by atoms with E-state index in [1.807, 2.05) is 18.2 Å².